The molecule has 6 rings (SSSR count). The van der Waals surface area contributed by atoms with E-state index in [-0.39, 0.29) is 23.8 Å². The molecular formula is C31H42N4O5. The van der Waals surface area contributed by atoms with E-state index in [9.17, 15) is 14.4 Å². The van der Waals surface area contributed by atoms with Crippen LogP contribution in [0.4, 0.5) is 5.69 Å². The molecule has 216 valence electrons. The van der Waals surface area contributed by atoms with Crippen molar-refractivity contribution in [2.45, 2.75) is 76.2 Å². The smallest absolute Gasteiger partial charge is 0.246 e. The predicted molar refractivity (Wildman–Crippen MR) is 151 cm³/mol. The second-order valence-corrected chi connectivity index (χ2v) is 12.2. The fourth-order valence-corrected chi connectivity index (χ4v) is 7.37. The zero-order chi connectivity index (χ0) is 27.9. The molecule has 1 aromatic carbocycles. The lowest BCUT2D eigenvalue weighted by Gasteiger charge is -2.34. The minimum Gasteiger partial charge on any atom is -0.379 e. The Labute approximate surface area is 236 Å². The monoisotopic (exact) mass is 550 g/mol. The van der Waals surface area contributed by atoms with Crippen LogP contribution < -0.4 is 10.6 Å². The molecule has 3 saturated heterocycles. The highest BCUT2D eigenvalue weighted by Crippen LogP contribution is 2.55. The molecule has 5 atom stereocenters. The molecule has 9 nitrogen and oxygen atoms in total. The number of fused-ring (bicyclic) bond motifs is 1. The van der Waals surface area contributed by atoms with Crippen molar-refractivity contribution in [1.29, 1.82) is 0 Å². The van der Waals surface area contributed by atoms with E-state index in [4.69, 9.17) is 9.47 Å². The van der Waals surface area contributed by atoms with Crippen LogP contribution in [0, 0.1) is 25.7 Å². The zero-order valence-corrected chi connectivity index (χ0v) is 23.7. The summed E-state index contributed by atoms with van der Waals surface area (Å²) in [6.07, 6.45) is 9.31. The maximum Gasteiger partial charge on any atom is 0.246 e. The molecule has 5 unspecified atom stereocenters. The van der Waals surface area contributed by atoms with Gasteiger partial charge in [0.05, 0.1) is 31.2 Å². The van der Waals surface area contributed by atoms with Crippen LogP contribution in [0.1, 0.15) is 49.7 Å². The van der Waals surface area contributed by atoms with Crippen molar-refractivity contribution in [1.82, 2.24) is 15.1 Å². The number of amides is 3. The Balaban J connectivity index is 1.24. The number of hydrogen-bond acceptors (Lipinski definition) is 6. The first-order valence-electron chi connectivity index (χ1n) is 15.0. The Morgan fingerprint density at radius 1 is 1.02 bits per heavy atom. The van der Waals surface area contributed by atoms with Gasteiger partial charge in [-0.1, -0.05) is 37.5 Å². The largest absolute Gasteiger partial charge is 0.379 e. The van der Waals surface area contributed by atoms with Gasteiger partial charge in [0, 0.05) is 37.9 Å². The summed E-state index contributed by atoms with van der Waals surface area (Å²) in [6, 6.07) is 5.15. The second kappa shape index (κ2) is 11.3. The molecule has 2 bridgehead atoms. The number of morpholine rings is 1. The minimum absolute atomic E-state index is 0.119. The number of rotatable bonds is 8. The van der Waals surface area contributed by atoms with Crippen molar-refractivity contribution in [3.05, 3.63) is 41.5 Å². The first-order valence-corrected chi connectivity index (χ1v) is 15.0. The summed E-state index contributed by atoms with van der Waals surface area (Å²) < 4.78 is 12.0. The molecule has 0 radical (unpaired) electrons. The molecule has 9 heteroatoms. The van der Waals surface area contributed by atoms with Gasteiger partial charge in [0.25, 0.3) is 0 Å². The first-order chi connectivity index (χ1) is 19.4. The van der Waals surface area contributed by atoms with Gasteiger partial charge in [-0.15, -0.1) is 0 Å². The Morgan fingerprint density at radius 3 is 2.55 bits per heavy atom. The normalized spacial score (nSPS) is 31.9. The fourth-order valence-electron chi connectivity index (χ4n) is 7.37. The Morgan fingerprint density at radius 2 is 1.80 bits per heavy atom. The van der Waals surface area contributed by atoms with Crippen molar-refractivity contribution >= 4 is 23.4 Å². The maximum absolute atomic E-state index is 14.1. The van der Waals surface area contributed by atoms with Gasteiger partial charge in [-0.2, -0.15) is 0 Å². The van der Waals surface area contributed by atoms with Crippen molar-refractivity contribution in [2.24, 2.45) is 11.8 Å². The van der Waals surface area contributed by atoms with Gasteiger partial charge in [0.2, 0.25) is 17.7 Å². The number of aryl methyl sites for hydroxylation is 2. The van der Waals surface area contributed by atoms with E-state index < -0.39 is 29.6 Å². The molecule has 2 N–H and O–H groups in total. The number of anilines is 1. The molecule has 4 fully saturated rings. The van der Waals surface area contributed by atoms with Crippen molar-refractivity contribution in [2.75, 3.05) is 44.7 Å². The lowest BCUT2D eigenvalue weighted by atomic mass is 9.74. The molecule has 4 aliphatic heterocycles. The van der Waals surface area contributed by atoms with Crippen LogP contribution in [0.2, 0.25) is 0 Å². The number of nitrogens with one attached hydrogen (secondary N) is 2. The summed E-state index contributed by atoms with van der Waals surface area (Å²) in [7, 11) is 0. The summed E-state index contributed by atoms with van der Waals surface area (Å²) in [6.45, 7) is 8.51. The Hall–Kier alpha value is -2.75. The number of benzene rings is 1. The summed E-state index contributed by atoms with van der Waals surface area (Å²) in [5, 5.41) is 6.30. The number of likely N-dealkylation sites (tertiary alicyclic amines) is 1. The lowest BCUT2D eigenvalue weighted by Crippen LogP contribution is -2.56. The van der Waals surface area contributed by atoms with E-state index in [0.717, 1.165) is 76.1 Å². The van der Waals surface area contributed by atoms with Gasteiger partial charge in [0.15, 0.2) is 0 Å². The van der Waals surface area contributed by atoms with Crippen LogP contribution in [-0.2, 0) is 23.9 Å². The summed E-state index contributed by atoms with van der Waals surface area (Å²) in [4.78, 5) is 45.8. The van der Waals surface area contributed by atoms with E-state index in [0.29, 0.717) is 12.2 Å². The van der Waals surface area contributed by atoms with Crippen molar-refractivity contribution < 1.29 is 23.9 Å². The topological polar surface area (TPSA) is 100 Å². The highest BCUT2D eigenvalue weighted by Gasteiger charge is 2.72. The summed E-state index contributed by atoms with van der Waals surface area (Å²) >= 11 is 0. The van der Waals surface area contributed by atoms with Crippen LogP contribution in [0.3, 0.4) is 0 Å². The van der Waals surface area contributed by atoms with Gasteiger partial charge in [0.1, 0.15) is 11.6 Å². The molecule has 4 heterocycles. The number of ether oxygens (including phenoxy) is 2. The van der Waals surface area contributed by atoms with Gasteiger partial charge in [-0.25, -0.2) is 0 Å². The number of hydrogen-bond donors (Lipinski definition) is 2. The zero-order valence-electron chi connectivity index (χ0n) is 23.7. The number of carbonyl (C=O) groups is 3. The van der Waals surface area contributed by atoms with E-state index in [1.807, 2.05) is 44.2 Å². The van der Waals surface area contributed by atoms with Gasteiger partial charge < -0.3 is 25.0 Å². The third-order valence-electron chi connectivity index (χ3n) is 9.63. The van der Waals surface area contributed by atoms with E-state index in [2.05, 4.69) is 15.5 Å². The molecular weight excluding hydrogens is 508 g/mol. The predicted octanol–water partition coefficient (Wildman–Crippen LogP) is 2.56. The Bertz CT molecular complexity index is 1170. The molecule has 1 saturated carbocycles. The summed E-state index contributed by atoms with van der Waals surface area (Å²) in [5.74, 6) is -1.96. The van der Waals surface area contributed by atoms with Gasteiger partial charge in [-0.05, 0) is 56.4 Å². The SMILES string of the molecule is Cc1ccc(NC(=O)C2C3C=CC4(O3)C2C(=O)N(CCCN2CCOCC2)C4C(=O)NC2CCCCC2)cc1C. The van der Waals surface area contributed by atoms with E-state index in [1.54, 1.807) is 4.90 Å². The Kier molecular flexibility index (Phi) is 7.72. The standard InChI is InChI=1S/C31H42N4O5/c1-20-9-10-23(19-21(20)2)33-28(36)25-24-11-12-31(40-24)26(25)30(38)35(14-6-13-34-15-17-39-18-16-34)27(31)29(37)32-22-7-4-3-5-8-22/h9-12,19,22,24-27H,3-8,13-18H2,1-2H3,(H,32,37)(H,33,36). The van der Waals surface area contributed by atoms with Crippen molar-refractivity contribution in [3.63, 3.8) is 0 Å². The number of carbonyl (C=O) groups excluding carboxylic acids is 3. The first kappa shape index (κ1) is 27.4. The highest BCUT2D eigenvalue weighted by molar-refractivity contribution is 6.02. The molecule has 5 aliphatic rings. The molecule has 1 aliphatic carbocycles. The minimum atomic E-state index is -1.12. The summed E-state index contributed by atoms with van der Waals surface area (Å²) in [5.41, 5.74) is 1.81. The average molecular weight is 551 g/mol. The molecule has 3 amide bonds. The molecule has 1 spiro atoms. The molecule has 40 heavy (non-hydrogen) atoms. The van der Waals surface area contributed by atoms with Crippen LogP contribution in [0.5, 0.6) is 0 Å². The molecule has 1 aromatic rings. The highest BCUT2D eigenvalue weighted by atomic mass is 16.5. The van der Waals surface area contributed by atoms with Crippen molar-refractivity contribution in [3.8, 4) is 0 Å². The lowest BCUT2D eigenvalue weighted by molar-refractivity contribution is -0.141. The third kappa shape index (κ3) is 4.97. The second-order valence-electron chi connectivity index (χ2n) is 12.2. The van der Waals surface area contributed by atoms with E-state index >= 15 is 0 Å². The number of nitrogens with zero attached hydrogens (tertiary/aromatic N) is 2. The van der Waals surface area contributed by atoms with Gasteiger partial charge >= 0.3 is 0 Å². The van der Waals surface area contributed by atoms with Crippen LogP contribution >= 0.6 is 0 Å². The maximum atomic E-state index is 14.1. The van der Waals surface area contributed by atoms with Crippen LogP contribution in [-0.4, -0.2) is 90.7 Å². The quantitative estimate of drug-likeness (QED) is 0.483. The van der Waals surface area contributed by atoms with Gasteiger partial charge in [-0.3, -0.25) is 19.3 Å². The third-order valence-corrected chi connectivity index (χ3v) is 9.63. The van der Waals surface area contributed by atoms with Crippen LogP contribution in [0.25, 0.3) is 0 Å². The average Bonchev–Trinajstić information content (AvgIpc) is 3.59. The fraction of sp³-hybridized carbons (Fsp3) is 0.645. The van der Waals surface area contributed by atoms with Crippen LogP contribution in [0.15, 0.2) is 30.4 Å². The molecule has 0 aromatic heterocycles. The van der Waals surface area contributed by atoms with E-state index in [1.165, 1.54) is 6.42 Å².